The molecule has 1 fully saturated rings. The molecular weight excluding hydrogens is 396 g/mol. The number of aromatic nitrogens is 4. The topological polar surface area (TPSA) is 49.6 Å². The van der Waals surface area contributed by atoms with Crippen LogP contribution in [0.5, 0.6) is 0 Å². The van der Waals surface area contributed by atoms with Crippen molar-refractivity contribution in [2.24, 2.45) is 0 Å². The Kier molecular flexibility index (Phi) is 5.29. The molecule has 0 unspecified atom stereocenters. The van der Waals surface area contributed by atoms with E-state index in [-0.39, 0.29) is 0 Å². The van der Waals surface area contributed by atoms with Crippen LogP contribution < -0.4 is 9.80 Å². The highest BCUT2D eigenvalue weighted by molar-refractivity contribution is 5.62. The number of nitrogens with zero attached hydrogens (tertiary/aromatic N) is 6. The molecule has 0 aliphatic carbocycles. The maximum atomic E-state index is 4.91. The average Bonchev–Trinajstić information content (AvgIpc) is 3.22. The fraction of sp³-hybridized carbons (Fsp3) is 0.346. The summed E-state index contributed by atoms with van der Waals surface area (Å²) in [6.45, 7) is 11.6. The molecule has 0 N–H and O–H groups in total. The molecule has 6 heteroatoms. The van der Waals surface area contributed by atoms with Gasteiger partial charge in [-0.1, -0.05) is 49.4 Å². The van der Waals surface area contributed by atoms with Crippen molar-refractivity contribution in [2.75, 3.05) is 29.4 Å². The molecule has 0 amide bonds. The molecule has 0 bridgehead atoms. The van der Waals surface area contributed by atoms with E-state index in [9.17, 15) is 0 Å². The standard InChI is InChI=1S/C26H30N6/c1-5-23-20(4)27-26-28-24(21-11-7-6-8-12-21)29-32(26)25(23)30-14-15-31(19(3)17-30)22-13-9-10-18(2)16-22/h6-13,16,19H,5,14-15,17H2,1-4H3/t19-/m0/s1. The van der Waals surface area contributed by atoms with Gasteiger partial charge < -0.3 is 9.80 Å². The van der Waals surface area contributed by atoms with Gasteiger partial charge in [-0.25, -0.2) is 4.98 Å². The van der Waals surface area contributed by atoms with Crippen molar-refractivity contribution in [3.05, 3.63) is 71.4 Å². The van der Waals surface area contributed by atoms with E-state index in [0.717, 1.165) is 49.0 Å². The second-order valence-corrected chi connectivity index (χ2v) is 8.69. The third-order valence-electron chi connectivity index (χ3n) is 6.41. The lowest BCUT2D eigenvalue weighted by Gasteiger charge is -2.42. The van der Waals surface area contributed by atoms with Crippen molar-refractivity contribution in [1.29, 1.82) is 0 Å². The van der Waals surface area contributed by atoms with Gasteiger partial charge >= 0.3 is 0 Å². The van der Waals surface area contributed by atoms with E-state index in [0.29, 0.717) is 11.8 Å². The van der Waals surface area contributed by atoms with Crippen LogP contribution in [0.15, 0.2) is 54.6 Å². The number of anilines is 2. The molecule has 1 aliphatic heterocycles. The van der Waals surface area contributed by atoms with Crippen LogP contribution in [0.25, 0.3) is 17.2 Å². The first kappa shape index (κ1) is 20.5. The molecule has 0 radical (unpaired) electrons. The molecule has 0 spiro atoms. The summed E-state index contributed by atoms with van der Waals surface area (Å²) >= 11 is 0. The van der Waals surface area contributed by atoms with Crippen LogP contribution >= 0.6 is 0 Å². The van der Waals surface area contributed by atoms with Crippen LogP contribution in [-0.2, 0) is 6.42 Å². The number of rotatable bonds is 4. The summed E-state index contributed by atoms with van der Waals surface area (Å²) in [5, 5.41) is 4.91. The molecule has 164 valence electrons. The minimum Gasteiger partial charge on any atom is -0.365 e. The van der Waals surface area contributed by atoms with Gasteiger partial charge in [-0.15, -0.1) is 5.10 Å². The lowest BCUT2D eigenvalue weighted by Crippen LogP contribution is -2.53. The SMILES string of the molecule is CCc1c(C)nc2nc(-c3ccccc3)nn2c1N1CCN(c2cccc(C)c2)[C@@H](C)C1. The van der Waals surface area contributed by atoms with Gasteiger partial charge in [0, 0.05) is 48.2 Å². The number of aryl methyl sites for hydroxylation is 2. The second kappa shape index (κ2) is 8.26. The van der Waals surface area contributed by atoms with Crippen molar-refractivity contribution >= 4 is 17.3 Å². The van der Waals surface area contributed by atoms with Crippen molar-refractivity contribution in [2.45, 2.75) is 40.2 Å². The van der Waals surface area contributed by atoms with Gasteiger partial charge in [0.05, 0.1) is 0 Å². The molecule has 32 heavy (non-hydrogen) atoms. The Morgan fingerprint density at radius 2 is 1.78 bits per heavy atom. The summed E-state index contributed by atoms with van der Waals surface area (Å²) in [6.07, 6.45) is 0.914. The fourth-order valence-corrected chi connectivity index (χ4v) is 4.81. The molecule has 1 atom stereocenters. The predicted molar refractivity (Wildman–Crippen MR) is 131 cm³/mol. The highest BCUT2D eigenvalue weighted by atomic mass is 15.4. The molecule has 3 heterocycles. The van der Waals surface area contributed by atoms with Gasteiger partial charge in [-0.3, -0.25) is 0 Å². The zero-order valence-corrected chi connectivity index (χ0v) is 19.3. The minimum atomic E-state index is 0.385. The second-order valence-electron chi connectivity index (χ2n) is 8.69. The highest BCUT2D eigenvalue weighted by Crippen LogP contribution is 2.30. The molecule has 6 nitrogen and oxygen atoms in total. The molecule has 2 aromatic heterocycles. The Labute approximate surface area is 189 Å². The molecular formula is C26H30N6. The third kappa shape index (κ3) is 3.60. The van der Waals surface area contributed by atoms with Crippen LogP contribution in [-0.4, -0.2) is 45.3 Å². The van der Waals surface area contributed by atoms with E-state index < -0.39 is 0 Å². The minimum absolute atomic E-state index is 0.385. The number of piperazine rings is 1. The van der Waals surface area contributed by atoms with Crippen molar-refractivity contribution in [1.82, 2.24) is 19.6 Å². The summed E-state index contributed by atoms with van der Waals surface area (Å²) in [5.41, 5.74) is 5.90. The lowest BCUT2D eigenvalue weighted by atomic mass is 10.1. The van der Waals surface area contributed by atoms with E-state index in [2.05, 4.69) is 61.8 Å². The van der Waals surface area contributed by atoms with E-state index in [1.165, 1.54) is 16.8 Å². The van der Waals surface area contributed by atoms with Crippen LogP contribution in [0.3, 0.4) is 0 Å². The zero-order valence-electron chi connectivity index (χ0n) is 19.3. The number of benzene rings is 2. The number of hydrogen-bond acceptors (Lipinski definition) is 5. The normalized spacial score (nSPS) is 16.7. The number of fused-ring (bicyclic) bond motifs is 1. The predicted octanol–water partition coefficient (Wildman–Crippen LogP) is 4.69. The van der Waals surface area contributed by atoms with Gasteiger partial charge in [0.1, 0.15) is 5.82 Å². The van der Waals surface area contributed by atoms with Crippen molar-refractivity contribution in [3.8, 4) is 11.4 Å². The number of hydrogen-bond donors (Lipinski definition) is 0. The van der Waals surface area contributed by atoms with E-state index >= 15 is 0 Å². The van der Waals surface area contributed by atoms with Gasteiger partial charge in [-0.05, 0) is 44.9 Å². The monoisotopic (exact) mass is 426 g/mol. The molecule has 5 rings (SSSR count). The van der Waals surface area contributed by atoms with Gasteiger partial charge in [0.25, 0.3) is 5.78 Å². The van der Waals surface area contributed by atoms with Gasteiger partial charge in [-0.2, -0.15) is 9.50 Å². The molecule has 4 aromatic rings. The fourth-order valence-electron chi connectivity index (χ4n) is 4.81. The van der Waals surface area contributed by atoms with Gasteiger partial charge in [0.15, 0.2) is 5.82 Å². The van der Waals surface area contributed by atoms with E-state index in [1.54, 1.807) is 0 Å². The van der Waals surface area contributed by atoms with Crippen LogP contribution in [0, 0.1) is 13.8 Å². The summed E-state index contributed by atoms with van der Waals surface area (Å²) in [5.74, 6) is 2.53. The first-order valence-corrected chi connectivity index (χ1v) is 11.4. The Bertz CT molecular complexity index is 1250. The summed E-state index contributed by atoms with van der Waals surface area (Å²) in [6, 6.07) is 19.3. The Balaban J connectivity index is 1.54. The Morgan fingerprint density at radius 3 is 2.50 bits per heavy atom. The summed E-state index contributed by atoms with van der Waals surface area (Å²) in [7, 11) is 0. The lowest BCUT2D eigenvalue weighted by molar-refractivity contribution is 0.541. The molecule has 2 aromatic carbocycles. The van der Waals surface area contributed by atoms with Gasteiger partial charge in [0.2, 0.25) is 0 Å². The smallest absolute Gasteiger partial charge is 0.254 e. The molecule has 0 saturated carbocycles. The maximum absolute atomic E-state index is 4.91. The Morgan fingerprint density at radius 1 is 0.969 bits per heavy atom. The summed E-state index contributed by atoms with van der Waals surface area (Å²) < 4.78 is 1.96. The quantitative estimate of drug-likeness (QED) is 0.474. The van der Waals surface area contributed by atoms with E-state index in [4.69, 9.17) is 15.1 Å². The Hall–Kier alpha value is -3.41. The highest BCUT2D eigenvalue weighted by Gasteiger charge is 2.28. The van der Waals surface area contributed by atoms with Crippen LogP contribution in [0.1, 0.15) is 30.7 Å². The first-order chi connectivity index (χ1) is 15.5. The molecule has 1 aliphatic rings. The van der Waals surface area contributed by atoms with Crippen molar-refractivity contribution in [3.63, 3.8) is 0 Å². The molecule has 1 saturated heterocycles. The van der Waals surface area contributed by atoms with Crippen molar-refractivity contribution < 1.29 is 0 Å². The zero-order chi connectivity index (χ0) is 22.2. The largest absolute Gasteiger partial charge is 0.365 e. The average molecular weight is 427 g/mol. The van der Waals surface area contributed by atoms with Crippen LogP contribution in [0.4, 0.5) is 11.5 Å². The third-order valence-corrected chi connectivity index (χ3v) is 6.41. The maximum Gasteiger partial charge on any atom is 0.254 e. The summed E-state index contributed by atoms with van der Waals surface area (Å²) in [4.78, 5) is 14.5. The van der Waals surface area contributed by atoms with E-state index in [1.807, 2.05) is 34.8 Å². The first-order valence-electron chi connectivity index (χ1n) is 11.4. The van der Waals surface area contributed by atoms with Crippen LogP contribution in [0.2, 0.25) is 0 Å².